The van der Waals surface area contributed by atoms with E-state index in [4.69, 9.17) is 10.5 Å². The molecule has 0 spiro atoms. The number of amides is 1. The molecule has 1 aromatic rings. The molecule has 5 atom stereocenters. The second-order valence-corrected chi connectivity index (χ2v) is 10.1. The number of hydrogen-bond donors (Lipinski definition) is 5. The number of nitrogens with two attached hydrogens (primary N) is 1. The van der Waals surface area contributed by atoms with Crippen LogP contribution in [0.15, 0.2) is 41.7 Å². The van der Waals surface area contributed by atoms with E-state index < -0.39 is 81.6 Å². The Bertz CT molecular complexity index is 1370. The Hall–Kier alpha value is -3.96. The number of likely N-dealkylation sites (N-methyl/N-ethyl adjacent to an activating group) is 1. The van der Waals surface area contributed by atoms with Gasteiger partial charge < -0.3 is 30.9 Å². The van der Waals surface area contributed by atoms with Crippen LogP contribution in [0.5, 0.6) is 5.75 Å². The normalized spacial score (nSPS) is 31.2. The fraction of sp³-hybridized carbons (Fsp3) is 0.385. The molecule has 0 heterocycles. The Morgan fingerprint density at radius 2 is 1.81 bits per heavy atom. The zero-order valence-electron chi connectivity index (χ0n) is 20.1. The van der Waals surface area contributed by atoms with E-state index in [9.17, 15) is 39.6 Å². The number of aliphatic hydroxyl groups excluding tert-OH is 2. The van der Waals surface area contributed by atoms with Crippen LogP contribution >= 0.6 is 0 Å². The minimum atomic E-state index is -2.97. The summed E-state index contributed by atoms with van der Waals surface area (Å²) in [5.41, 5.74) is 1.28. The van der Waals surface area contributed by atoms with Crippen molar-refractivity contribution in [3.63, 3.8) is 0 Å². The fourth-order valence-corrected chi connectivity index (χ4v) is 5.87. The molecule has 4 aliphatic carbocycles. The largest absolute Gasteiger partial charge is 0.508 e. The zero-order chi connectivity index (χ0) is 27.1. The van der Waals surface area contributed by atoms with Gasteiger partial charge in [-0.2, -0.15) is 0 Å². The molecule has 11 heteroatoms. The second kappa shape index (κ2) is 8.02. The van der Waals surface area contributed by atoms with Gasteiger partial charge in [-0.15, -0.1) is 0 Å². The number of hydrogen-bond acceptors (Lipinski definition) is 10. The minimum absolute atomic E-state index is 0.129. The van der Waals surface area contributed by atoms with Crippen molar-refractivity contribution in [2.45, 2.75) is 30.6 Å². The first-order chi connectivity index (χ1) is 17.3. The van der Waals surface area contributed by atoms with Crippen LogP contribution in [0.3, 0.4) is 0 Å². The molecule has 0 aromatic heterocycles. The molecule has 0 bridgehead atoms. The second-order valence-electron chi connectivity index (χ2n) is 10.1. The van der Waals surface area contributed by atoms with E-state index in [2.05, 4.69) is 6.58 Å². The molecule has 0 radical (unpaired) electrons. The van der Waals surface area contributed by atoms with E-state index in [1.54, 1.807) is 6.07 Å². The number of esters is 1. The molecule has 37 heavy (non-hydrogen) atoms. The summed E-state index contributed by atoms with van der Waals surface area (Å²) in [6.45, 7) is 4.05. The number of nitrogens with zero attached hydrogens (tertiary/aromatic N) is 1. The van der Waals surface area contributed by atoms with Gasteiger partial charge in [-0.3, -0.25) is 24.1 Å². The molecule has 0 saturated heterocycles. The van der Waals surface area contributed by atoms with Gasteiger partial charge in [-0.05, 0) is 44.1 Å². The lowest BCUT2D eigenvalue weighted by molar-refractivity contribution is -0.182. The molecule has 5 rings (SSSR count). The van der Waals surface area contributed by atoms with E-state index in [-0.39, 0.29) is 22.4 Å². The highest BCUT2D eigenvalue weighted by atomic mass is 16.5. The van der Waals surface area contributed by atoms with Crippen LogP contribution in [0, 0.1) is 17.8 Å². The van der Waals surface area contributed by atoms with Gasteiger partial charge in [-0.25, -0.2) is 0 Å². The monoisotopic (exact) mass is 510 g/mol. The molecule has 1 amide bonds. The molecule has 4 aliphatic rings. The maximum Gasteiger partial charge on any atom is 0.309 e. The molecule has 2 saturated carbocycles. The van der Waals surface area contributed by atoms with Crippen molar-refractivity contribution >= 4 is 34.8 Å². The first kappa shape index (κ1) is 24.7. The van der Waals surface area contributed by atoms with Gasteiger partial charge in [0.15, 0.2) is 11.4 Å². The first-order valence-corrected chi connectivity index (χ1v) is 11.7. The highest BCUT2D eigenvalue weighted by Gasteiger charge is 2.69. The van der Waals surface area contributed by atoms with E-state index in [1.807, 2.05) is 0 Å². The molecule has 194 valence electrons. The smallest absolute Gasteiger partial charge is 0.309 e. The van der Waals surface area contributed by atoms with E-state index in [0.717, 1.165) is 0 Å². The number of primary amides is 1. The summed E-state index contributed by atoms with van der Waals surface area (Å²) < 4.78 is 5.86. The third-order valence-electron chi connectivity index (χ3n) is 7.74. The summed E-state index contributed by atoms with van der Waals surface area (Å²) >= 11 is 0. The quantitative estimate of drug-likeness (QED) is 0.280. The molecule has 0 aliphatic heterocycles. The highest BCUT2D eigenvalue weighted by Crippen LogP contribution is 2.56. The fourth-order valence-electron chi connectivity index (χ4n) is 5.87. The summed E-state index contributed by atoms with van der Waals surface area (Å²) in [5, 5.41) is 44.7. The van der Waals surface area contributed by atoms with Crippen LogP contribution in [-0.2, 0) is 23.9 Å². The molecule has 11 nitrogen and oxygen atoms in total. The van der Waals surface area contributed by atoms with Crippen LogP contribution in [0.2, 0.25) is 0 Å². The van der Waals surface area contributed by atoms with E-state index in [1.165, 1.54) is 31.1 Å². The summed E-state index contributed by atoms with van der Waals surface area (Å²) in [5.74, 6) is -9.79. The standard InChI is InChI=1S/C26H26N2O9/c1-9-11-5-4-6-12(29)14(11)19(30)15-13(9)21(37-25(35)10-7-8-10)17-18(28(2)3)20(31)16(24(27)34)23(33)26(17,36)22(15)32/h4-6,10,13,17-18,21,29-30,33,36H,1,7-8H2,2-3H3,(H2,27,34)/t13-,17-,18+,21+,26+/m1/s1. The van der Waals surface area contributed by atoms with E-state index >= 15 is 0 Å². The number of benzene rings is 1. The Kier molecular flexibility index (Phi) is 5.36. The van der Waals surface area contributed by atoms with Gasteiger partial charge in [0, 0.05) is 0 Å². The summed E-state index contributed by atoms with van der Waals surface area (Å²) in [4.78, 5) is 53.9. The van der Waals surface area contributed by atoms with Gasteiger partial charge in [0.1, 0.15) is 28.9 Å². The number of phenols is 1. The number of ether oxygens (including phenoxy) is 1. The number of ketones is 2. The molecule has 1 aromatic carbocycles. The maximum absolute atomic E-state index is 14.0. The van der Waals surface area contributed by atoms with Crippen molar-refractivity contribution < 1.29 is 44.3 Å². The van der Waals surface area contributed by atoms with Crippen LogP contribution in [0.4, 0.5) is 0 Å². The highest BCUT2D eigenvalue weighted by molar-refractivity contribution is 6.25. The lowest BCUT2D eigenvalue weighted by atomic mass is 9.55. The average Bonchev–Trinajstić information content (AvgIpc) is 3.66. The lowest BCUT2D eigenvalue weighted by Crippen LogP contribution is -2.70. The summed E-state index contributed by atoms with van der Waals surface area (Å²) in [6, 6.07) is 2.91. The van der Waals surface area contributed by atoms with Crippen LogP contribution < -0.4 is 5.73 Å². The number of carbonyl (C=O) groups is 4. The van der Waals surface area contributed by atoms with Crippen molar-refractivity contribution in [2.24, 2.45) is 23.5 Å². The number of Topliss-reactive ketones (excluding diaryl/α,β-unsaturated/α-hetero) is 2. The SMILES string of the molecule is C=C1c2cccc(O)c2C(O)=C2C(=O)[C@]3(O)C(O)=C(C(N)=O)C(=O)[C@@H](N(C)C)[C@@H]3[C@@H](OC(=O)C3CC3)[C@H]12. The van der Waals surface area contributed by atoms with Crippen LogP contribution in [-0.4, -0.2) is 80.6 Å². The number of fused-ring (bicyclic) bond motifs is 3. The van der Waals surface area contributed by atoms with Gasteiger partial charge in [0.05, 0.1) is 34.9 Å². The summed E-state index contributed by atoms with van der Waals surface area (Å²) in [7, 11) is 2.92. The predicted octanol–water partition coefficient (Wildman–Crippen LogP) is 0.366. The Morgan fingerprint density at radius 1 is 1.16 bits per heavy atom. The van der Waals surface area contributed by atoms with Crippen LogP contribution in [0.1, 0.15) is 24.0 Å². The topological polar surface area (TPSA) is 188 Å². The third kappa shape index (κ3) is 3.20. The van der Waals surface area contributed by atoms with Crippen molar-refractivity contribution in [1.29, 1.82) is 0 Å². The minimum Gasteiger partial charge on any atom is -0.508 e. The Balaban J connectivity index is 1.84. The van der Waals surface area contributed by atoms with Gasteiger partial charge in [-0.1, -0.05) is 18.7 Å². The summed E-state index contributed by atoms with van der Waals surface area (Å²) in [6.07, 6.45) is -0.324. The number of aliphatic hydroxyl groups is 3. The third-order valence-corrected chi connectivity index (χ3v) is 7.74. The number of aromatic hydroxyl groups is 1. The average molecular weight is 510 g/mol. The molecular weight excluding hydrogens is 484 g/mol. The van der Waals surface area contributed by atoms with Gasteiger partial charge >= 0.3 is 5.97 Å². The maximum atomic E-state index is 14.0. The lowest BCUT2D eigenvalue weighted by Gasteiger charge is -2.53. The predicted molar refractivity (Wildman–Crippen MR) is 128 cm³/mol. The van der Waals surface area contributed by atoms with Crippen molar-refractivity contribution in [1.82, 2.24) is 4.90 Å². The van der Waals surface area contributed by atoms with Crippen molar-refractivity contribution in [3.05, 3.63) is 52.8 Å². The van der Waals surface area contributed by atoms with Crippen molar-refractivity contribution in [3.8, 4) is 5.75 Å². The molecule has 0 unspecified atom stereocenters. The number of phenolic OH excluding ortho intramolecular Hbond substituents is 1. The zero-order valence-corrected chi connectivity index (χ0v) is 20.1. The Labute approximate surface area is 211 Å². The van der Waals surface area contributed by atoms with Gasteiger partial charge in [0.25, 0.3) is 5.91 Å². The molecular formula is C26H26N2O9. The van der Waals surface area contributed by atoms with Crippen molar-refractivity contribution in [2.75, 3.05) is 14.1 Å². The number of rotatable bonds is 4. The number of carbonyl (C=O) groups excluding carboxylic acids is 4. The van der Waals surface area contributed by atoms with Crippen LogP contribution in [0.25, 0.3) is 11.3 Å². The first-order valence-electron chi connectivity index (χ1n) is 11.7. The Morgan fingerprint density at radius 3 is 2.38 bits per heavy atom. The molecule has 6 N–H and O–H groups in total. The van der Waals surface area contributed by atoms with Gasteiger partial charge in [0.2, 0.25) is 5.78 Å². The molecule has 2 fully saturated rings. The van der Waals surface area contributed by atoms with E-state index in [0.29, 0.717) is 12.8 Å².